The molecule has 34 heavy (non-hydrogen) atoms. The Balaban J connectivity index is 1.94. The summed E-state index contributed by atoms with van der Waals surface area (Å²) in [7, 11) is 13.2. The maximum Gasteiger partial charge on any atom is 0.343 e. The average Bonchev–Trinajstić information content (AvgIpc) is 2.81. The van der Waals surface area contributed by atoms with Crippen LogP contribution in [0, 0.1) is 0 Å². The third-order valence-corrected chi connectivity index (χ3v) is 5.84. The van der Waals surface area contributed by atoms with Gasteiger partial charge in [0.05, 0.1) is 34.7 Å². The second kappa shape index (κ2) is 10.9. The molecule has 11 heteroatoms. The largest absolute Gasteiger partial charge is 0.461 e. The van der Waals surface area contributed by atoms with E-state index >= 15 is 0 Å². The van der Waals surface area contributed by atoms with Gasteiger partial charge >= 0.3 is 11.9 Å². The molecule has 0 aliphatic carbocycles. The summed E-state index contributed by atoms with van der Waals surface area (Å²) in [5.41, 5.74) is 2.36. The van der Waals surface area contributed by atoms with Crippen LogP contribution in [-0.4, -0.2) is 60.8 Å². The van der Waals surface area contributed by atoms with Crippen molar-refractivity contribution in [3.05, 3.63) is 76.3 Å². The van der Waals surface area contributed by atoms with Crippen molar-refractivity contribution in [2.75, 3.05) is 12.4 Å². The number of fused-ring (bicyclic) bond motifs is 1. The zero-order chi connectivity index (χ0) is 24.9. The molecule has 0 amide bonds. The van der Waals surface area contributed by atoms with Crippen LogP contribution in [0.2, 0.25) is 0 Å². The fraction of sp³-hybridized carbons (Fsp3) is 0.217. The smallest absolute Gasteiger partial charge is 0.343 e. The Morgan fingerprint density at radius 2 is 1.56 bits per heavy atom. The summed E-state index contributed by atoms with van der Waals surface area (Å²) in [6.45, 7) is -0.508. The molecule has 0 fully saturated rings. The SMILES string of the molecule is [B]Cc1cc(C[B])c(C[B])c(C(=O)Oc2cccc3c(C(=O)OCCS(=O)(=O)O)cccc23)c1. The van der Waals surface area contributed by atoms with E-state index < -0.39 is 34.4 Å². The maximum absolute atomic E-state index is 13.1. The zero-order valence-corrected chi connectivity index (χ0v) is 19.0. The van der Waals surface area contributed by atoms with Crippen molar-refractivity contribution in [2.45, 2.75) is 19.0 Å². The number of hydrogen-bond donors (Lipinski definition) is 1. The molecule has 0 bridgehead atoms. The van der Waals surface area contributed by atoms with E-state index in [9.17, 15) is 18.0 Å². The van der Waals surface area contributed by atoms with Crippen LogP contribution in [0.3, 0.4) is 0 Å². The number of benzene rings is 3. The fourth-order valence-corrected chi connectivity index (χ4v) is 3.84. The average molecular weight is 472 g/mol. The van der Waals surface area contributed by atoms with Crippen LogP contribution >= 0.6 is 0 Å². The van der Waals surface area contributed by atoms with Crippen LogP contribution in [0.4, 0.5) is 0 Å². The van der Waals surface area contributed by atoms with E-state index in [-0.39, 0.29) is 35.8 Å². The number of carbonyl (C=O) groups excluding carboxylic acids is 2. The van der Waals surface area contributed by atoms with Crippen LogP contribution in [0.25, 0.3) is 10.8 Å². The Kier molecular flexibility index (Phi) is 8.22. The normalized spacial score (nSPS) is 11.3. The lowest BCUT2D eigenvalue weighted by molar-refractivity contribution is 0.0530. The highest BCUT2D eigenvalue weighted by Crippen LogP contribution is 2.30. The molecule has 0 atom stereocenters. The summed E-state index contributed by atoms with van der Waals surface area (Å²) in [4.78, 5) is 25.6. The number of carbonyl (C=O) groups is 2. The predicted molar refractivity (Wildman–Crippen MR) is 130 cm³/mol. The first-order chi connectivity index (χ1) is 16.2. The topological polar surface area (TPSA) is 107 Å². The quantitative estimate of drug-likeness (QED) is 0.220. The summed E-state index contributed by atoms with van der Waals surface area (Å²) in [6, 6.07) is 13.0. The maximum atomic E-state index is 13.1. The number of rotatable bonds is 9. The molecule has 0 aliphatic heterocycles. The summed E-state index contributed by atoms with van der Waals surface area (Å²) >= 11 is 0. The second-order valence-electron chi connectivity index (χ2n) is 7.36. The van der Waals surface area contributed by atoms with Gasteiger partial charge in [-0.15, -0.1) is 0 Å². The molecule has 0 aromatic heterocycles. The minimum atomic E-state index is -4.27. The minimum absolute atomic E-state index is 0.0803. The van der Waals surface area contributed by atoms with Gasteiger partial charge in [-0.05, 0) is 29.1 Å². The van der Waals surface area contributed by atoms with E-state index in [1.165, 1.54) is 6.07 Å². The van der Waals surface area contributed by atoms with Gasteiger partial charge in [-0.3, -0.25) is 4.55 Å². The van der Waals surface area contributed by atoms with Crippen molar-refractivity contribution in [3.63, 3.8) is 0 Å². The van der Waals surface area contributed by atoms with E-state index in [4.69, 9.17) is 37.6 Å². The summed E-state index contributed by atoms with van der Waals surface area (Å²) < 4.78 is 41.1. The van der Waals surface area contributed by atoms with Gasteiger partial charge in [-0.25, -0.2) is 9.59 Å². The van der Waals surface area contributed by atoms with Gasteiger partial charge in [-0.1, -0.05) is 60.4 Å². The van der Waals surface area contributed by atoms with Crippen LogP contribution in [0.15, 0.2) is 48.5 Å². The highest BCUT2D eigenvalue weighted by molar-refractivity contribution is 7.85. The van der Waals surface area contributed by atoms with Crippen molar-refractivity contribution < 1.29 is 32.0 Å². The molecule has 3 aromatic rings. The lowest BCUT2D eigenvalue weighted by Crippen LogP contribution is -2.15. The predicted octanol–water partition coefficient (Wildman–Crippen LogP) is 2.11. The lowest BCUT2D eigenvalue weighted by Gasteiger charge is -2.16. The molecule has 0 saturated carbocycles. The highest BCUT2D eigenvalue weighted by Gasteiger charge is 2.19. The van der Waals surface area contributed by atoms with Gasteiger partial charge in [0.1, 0.15) is 18.1 Å². The van der Waals surface area contributed by atoms with E-state index in [0.717, 1.165) is 0 Å². The van der Waals surface area contributed by atoms with Gasteiger partial charge in [0, 0.05) is 5.39 Å². The molecule has 7 nitrogen and oxygen atoms in total. The Hall–Kier alpha value is -3.04. The molecule has 0 aliphatic rings. The van der Waals surface area contributed by atoms with Gasteiger partial charge in [0.15, 0.2) is 0 Å². The van der Waals surface area contributed by atoms with Crippen molar-refractivity contribution >= 4 is 56.4 Å². The van der Waals surface area contributed by atoms with Crippen molar-refractivity contribution in [2.24, 2.45) is 0 Å². The molecule has 1 N–H and O–H groups in total. The van der Waals surface area contributed by atoms with Gasteiger partial charge < -0.3 is 9.47 Å². The molecule has 0 heterocycles. The van der Waals surface area contributed by atoms with E-state index in [0.29, 0.717) is 27.5 Å². The Morgan fingerprint density at radius 3 is 2.21 bits per heavy atom. The fourth-order valence-electron chi connectivity index (χ4n) is 3.54. The first kappa shape index (κ1) is 25.6. The molecule has 0 unspecified atom stereocenters. The van der Waals surface area contributed by atoms with Crippen LogP contribution in [0.1, 0.15) is 37.4 Å². The summed E-state index contributed by atoms with van der Waals surface area (Å²) in [5.74, 6) is -1.96. The van der Waals surface area contributed by atoms with Crippen LogP contribution in [-0.2, 0) is 33.8 Å². The number of hydrogen-bond acceptors (Lipinski definition) is 6. The van der Waals surface area contributed by atoms with Gasteiger partial charge in [0.2, 0.25) is 0 Å². The number of ether oxygens (including phenoxy) is 2. The summed E-state index contributed by atoms with van der Waals surface area (Å²) in [5, 5.41) is 0.894. The minimum Gasteiger partial charge on any atom is -0.461 e. The van der Waals surface area contributed by atoms with E-state index in [2.05, 4.69) is 0 Å². The second-order valence-corrected chi connectivity index (χ2v) is 8.93. The van der Waals surface area contributed by atoms with E-state index in [1.54, 1.807) is 42.5 Å². The first-order valence-electron chi connectivity index (χ1n) is 10.3. The summed E-state index contributed by atoms with van der Waals surface area (Å²) in [6.07, 6.45) is 0.463. The number of esters is 2. The van der Waals surface area contributed by atoms with E-state index in [1.807, 2.05) is 0 Å². The third kappa shape index (κ3) is 5.90. The molecular weight excluding hydrogens is 453 g/mol. The van der Waals surface area contributed by atoms with Crippen LogP contribution < -0.4 is 4.74 Å². The van der Waals surface area contributed by atoms with Crippen molar-refractivity contribution in [3.8, 4) is 5.75 Å². The van der Waals surface area contributed by atoms with Crippen molar-refractivity contribution in [1.29, 1.82) is 0 Å². The first-order valence-corrected chi connectivity index (χ1v) is 11.9. The molecule has 3 aromatic carbocycles. The molecular formula is C23H19B3O7S. The monoisotopic (exact) mass is 472 g/mol. The molecule has 3 rings (SSSR count). The lowest BCUT2D eigenvalue weighted by atomic mass is 9.81. The van der Waals surface area contributed by atoms with Crippen LogP contribution in [0.5, 0.6) is 5.75 Å². The standard InChI is InChI=1S/C23H19B3O7S/c24-11-14-9-15(12-25)20(13-26)19(10-14)23(28)33-21-6-2-3-16-17(21)4-1-5-18(16)22(27)32-7-8-34(29,30)31/h1-6,9-10H,7-8,11-13H2,(H,29,30,31). The zero-order valence-electron chi connectivity index (χ0n) is 18.2. The molecule has 0 spiro atoms. The molecule has 168 valence electrons. The highest BCUT2D eigenvalue weighted by atomic mass is 32.2. The Bertz CT molecular complexity index is 1340. The Morgan fingerprint density at radius 1 is 0.853 bits per heavy atom. The Labute approximate surface area is 201 Å². The van der Waals surface area contributed by atoms with Gasteiger partial charge in [0.25, 0.3) is 10.1 Å². The van der Waals surface area contributed by atoms with Gasteiger partial charge in [-0.2, -0.15) is 8.42 Å². The molecule has 0 saturated heterocycles. The molecule has 6 radical (unpaired) electrons. The third-order valence-electron chi connectivity index (χ3n) is 5.16. The van der Waals surface area contributed by atoms with Crippen molar-refractivity contribution in [1.82, 2.24) is 0 Å².